The summed E-state index contributed by atoms with van der Waals surface area (Å²) >= 11 is 5.53. The van der Waals surface area contributed by atoms with E-state index < -0.39 is 40.3 Å². The molecule has 0 radical (unpaired) electrons. The molecule has 0 bridgehead atoms. The van der Waals surface area contributed by atoms with Crippen LogP contribution in [0.1, 0.15) is 44.7 Å². The normalized spacial score (nSPS) is 19.8. The van der Waals surface area contributed by atoms with Crippen LogP contribution in [0, 0.1) is 22.6 Å². The minimum atomic E-state index is -4.80. The number of hydrogen-bond donors (Lipinski definition) is 1. The zero-order chi connectivity index (χ0) is 28.0. The van der Waals surface area contributed by atoms with Gasteiger partial charge in [-0.1, -0.05) is 0 Å². The molecule has 4 rings (SSSR count). The first kappa shape index (κ1) is 27.6. The number of alkyl halides is 3. The quantitative estimate of drug-likeness (QED) is 0.288. The maximum atomic E-state index is 15.1. The van der Waals surface area contributed by atoms with Crippen molar-refractivity contribution in [2.24, 2.45) is 5.41 Å². The number of anilines is 2. The SMILES string of the molecule is CCOC(=O)C1(COc2ccc(N3C(=S)N(c4ccc(C#N)c(C(F)(F)F)c4)C(O)C3(C)C)cc2F)CC1. The largest absolute Gasteiger partial charge is 0.489 e. The number of halogens is 4. The second-order valence-electron chi connectivity index (χ2n) is 9.76. The van der Waals surface area contributed by atoms with E-state index in [0.717, 1.165) is 23.1 Å². The van der Waals surface area contributed by atoms with Crippen LogP contribution in [0.4, 0.5) is 28.9 Å². The van der Waals surface area contributed by atoms with Gasteiger partial charge in [-0.05, 0) is 76.2 Å². The maximum absolute atomic E-state index is 15.1. The zero-order valence-electron chi connectivity index (χ0n) is 20.8. The van der Waals surface area contributed by atoms with Gasteiger partial charge in [0, 0.05) is 17.4 Å². The minimum Gasteiger partial charge on any atom is -0.489 e. The number of nitrogens with zero attached hydrogens (tertiary/aromatic N) is 3. The van der Waals surface area contributed by atoms with E-state index in [0.29, 0.717) is 12.8 Å². The highest BCUT2D eigenvalue weighted by atomic mass is 32.1. The van der Waals surface area contributed by atoms with Crippen LogP contribution in [0.3, 0.4) is 0 Å². The van der Waals surface area contributed by atoms with Gasteiger partial charge < -0.3 is 19.5 Å². The van der Waals surface area contributed by atoms with Crippen LogP contribution in [0.2, 0.25) is 0 Å². The molecule has 1 N–H and O–H groups in total. The number of esters is 1. The highest BCUT2D eigenvalue weighted by molar-refractivity contribution is 7.80. The van der Waals surface area contributed by atoms with Crippen LogP contribution < -0.4 is 14.5 Å². The van der Waals surface area contributed by atoms with Gasteiger partial charge in [0.1, 0.15) is 12.0 Å². The molecule has 1 aliphatic carbocycles. The van der Waals surface area contributed by atoms with Gasteiger partial charge in [-0.15, -0.1) is 0 Å². The van der Waals surface area contributed by atoms with Crippen molar-refractivity contribution in [1.82, 2.24) is 0 Å². The molecule has 2 aromatic rings. The molecule has 12 heteroatoms. The first-order valence-corrected chi connectivity index (χ1v) is 12.2. The number of carbonyl (C=O) groups excluding carboxylic acids is 1. The van der Waals surface area contributed by atoms with Gasteiger partial charge in [-0.25, -0.2) is 4.39 Å². The van der Waals surface area contributed by atoms with E-state index in [-0.39, 0.29) is 41.4 Å². The van der Waals surface area contributed by atoms with Crippen LogP contribution in [-0.4, -0.2) is 41.2 Å². The molecule has 1 saturated heterocycles. The Balaban J connectivity index is 1.61. The van der Waals surface area contributed by atoms with E-state index in [1.807, 2.05) is 0 Å². The molecule has 1 heterocycles. The Morgan fingerprint density at radius 3 is 2.42 bits per heavy atom. The Hall–Kier alpha value is -3.43. The van der Waals surface area contributed by atoms with E-state index in [2.05, 4.69) is 0 Å². The van der Waals surface area contributed by atoms with Crippen molar-refractivity contribution < 1.29 is 36.9 Å². The summed E-state index contributed by atoms with van der Waals surface area (Å²) in [6.07, 6.45) is -5.03. The number of rotatable bonds is 7. The van der Waals surface area contributed by atoms with E-state index in [4.69, 9.17) is 27.0 Å². The van der Waals surface area contributed by atoms with Crippen LogP contribution in [0.5, 0.6) is 5.75 Å². The van der Waals surface area contributed by atoms with Gasteiger partial charge in [0.25, 0.3) is 0 Å². The smallest absolute Gasteiger partial charge is 0.417 e. The van der Waals surface area contributed by atoms with Crippen LogP contribution in [-0.2, 0) is 15.7 Å². The van der Waals surface area contributed by atoms with Gasteiger partial charge in [0.2, 0.25) is 0 Å². The monoisotopic (exact) mass is 551 g/mol. The Labute approximate surface area is 222 Å². The second-order valence-corrected chi connectivity index (χ2v) is 10.1. The summed E-state index contributed by atoms with van der Waals surface area (Å²) in [6.45, 7) is 5.11. The van der Waals surface area contributed by atoms with E-state index in [1.54, 1.807) is 20.8 Å². The predicted octanol–water partition coefficient (Wildman–Crippen LogP) is 5.15. The lowest BCUT2D eigenvalue weighted by Crippen LogP contribution is -2.47. The lowest BCUT2D eigenvalue weighted by Gasteiger charge is -2.33. The van der Waals surface area contributed by atoms with E-state index in [9.17, 15) is 23.1 Å². The van der Waals surface area contributed by atoms with Crippen LogP contribution in [0.15, 0.2) is 36.4 Å². The predicted molar refractivity (Wildman–Crippen MR) is 134 cm³/mol. The molecular weight excluding hydrogens is 526 g/mol. The number of ether oxygens (including phenoxy) is 2. The van der Waals surface area contributed by atoms with Gasteiger partial charge >= 0.3 is 12.1 Å². The van der Waals surface area contributed by atoms with Crippen molar-refractivity contribution in [2.45, 2.75) is 51.6 Å². The first-order valence-electron chi connectivity index (χ1n) is 11.8. The molecule has 2 aromatic carbocycles. The molecule has 7 nitrogen and oxygen atoms in total. The van der Waals surface area contributed by atoms with Crippen molar-refractivity contribution in [3.8, 4) is 11.8 Å². The van der Waals surface area contributed by atoms with Crippen molar-refractivity contribution in [3.05, 3.63) is 53.3 Å². The summed E-state index contributed by atoms with van der Waals surface area (Å²) in [5.74, 6) is -1.22. The zero-order valence-corrected chi connectivity index (χ0v) is 21.6. The molecule has 38 heavy (non-hydrogen) atoms. The summed E-state index contributed by atoms with van der Waals surface area (Å²) in [5.41, 5.74) is -3.51. The standard InChI is InChI=1S/C26H25F4N3O4S/c1-4-36-22(35)25(9-10-25)14-37-20-8-7-17(12-19(20)27)33-23(38)32(21(34)24(33,2)3)16-6-5-15(13-31)18(11-16)26(28,29)30/h5-8,11-12,21,34H,4,9-10,14H2,1-3H3. The molecule has 0 spiro atoms. The van der Waals surface area contributed by atoms with E-state index in [1.165, 1.54) is 29.2 Å². The summed E-state index contributed by atoms with van der Waals surface area (Å²) in [6, 6.07) is 8.56. The van der Waals surface area contributed by atoms with Crippen molar-refractivity contribution in [2.75, 3.05) is 23.0 Å². The number of benzene rings is 2. The fraction of sp³-hybridized carbons (Fsp3) is 0.423. The molecule has 0 aromatic heterocycles. The summed E-state index contributed by atoms with van der Waals surface area (Å²) in [7, 11) is 0. The lowest BCUT2D eigenvalue weighted by atomic mass is 10.0. The van der Waals surface area contributed by atoms with Crippen molar-refractivity contribution in [3.63, 3.8) is 0 Å². The number of hydrogen-bond acceptors (Lipinski definition) is 6. The van der Waals surface area contributed by atoms with Gasteiger partial charge in [0.15, 0.2) is 22.9 Å². The fourth-order valence-corrected chi connectivity index (χ4v) is 4.95. The number of carbonyl (C=O) groups is 1. The molecule has 1 unspecified atom stereocenters. The maximum Gasteiger partial charge on any atom is 0.417 e. The van der Waals surface area contributed by atoms with Crippen LogP contribution in [0.25, 0.3) is 0 Å². The summed E-state index contributed by atoms with van der Waals surface area (Å²) in [4.78, 5) is 14.7. The number of thiocarbonyl (C=S) groups is 1. The first-order chi connectivity index (χ1) is 17.8. The van der Waals surface area contributed by atoms with Gasteiger partial charge in [-0.3, -0.25) is 9.69 Å². The highest BCUT2D eigenvalue weighted by Gasteiger charge is 2.53. The van der Waals surface area contributed by atoms with Gasteiger partial charge in [-0.2, -0.15) is 18.4 Å². The fourth-order valence-electron chi connectivity index (χ4n) is 4.40. The highest BCUT2D eigenvalue weighted by Crippen LogP contribution is 2.47. The Bertz CT molecular complexity index is 1320. The second kappa shape index (κ2) is 9.71. The summed E-state index contributed by atoms with van der Waals surface area (Å²) < 4.78 is 66.3. The number of aliphatic hydroxyl groups is 1. The average molecular weight is 552 g/mol. The molecule has 1 aliphatic heterocycles. The lowest BCUT2D eigenvalue weighted by molar-refractivity contribution is -0.151. The third-order valence-corrected chi connectivity index (χ3v) is 7.18. The molecule has 1 atom stereocenters. The number of aliphatic hydroxyl groups excluding tert-OH is 1. The average Bonchev–Trinajstić information content (AvgIpc) is 3.61. The number of nitriles is 1. The third-order valence-electron chi connectivity index (χ3n) is 6.80. The Kier molecular flexibility index (Phi) is 7.05. The van der Waals surface area contributed by atoms with Crippen LogP contribution >= 0.6 is 12.2 Å². The molecule has 0 amide bonds. The molecule has 1 saturated carbocycles. The van der Waals surface area contributed by atoms with Crippen molar-refractivity contribution >= 4 is 34.7 Å². The third kappa shape index (κ3) is 4.76. The molecule has 2 fully saturated rings. The van der Waals surface area contributed by atoms with Crippen molar-refractivity contribution in [1.29, 1.82) is 5.26 Å². The summed E-state index contributed by atoms with van der Waals surface area (Å²) in [5, 5.41) is 20.1. The van der Waals surface area contributed by atoms with Gasteiger partial charge in [0.05, 0.1) is 29.3 Å². The van der Waals surface area contributed by atoms with E-state index >= 15 is 4.39 Å². The minimum absolute atomic E-state index is 0.0392. The Morgan fingerprint density at radius 1 is 1.21 bits per heavy atom. The topological polar surface area (TPSA) is 86.0 Å². The molecular formula is C26H25F4N3O4S. The Morgan fingerprint density at radius 2 is 1.87 bits per heavy atom. The molecule has 2 aliphatic rings. The molecule has 202 valence electrons.